The number of aliphatic hydroxyl groups is 15. The standard InChI is InChI=1S/C77H139N3O30/c1-6-8-10-12-14-16-18-20-22-23-25-27-29-31-33-35-37-39-56(90)80-49(50(87)38-36-34-32-30-28-26-24-21-19-17-15-13-11-9-7-2)45-101-73-65(97)63(95)68(55(44-84)105-73)107-75-66(98)71(110-77(76(99)100)40-51(88)57(78-47(4)85)70(109-77)59(91)52(89)41-81)67(46(3)102-75)106-72-58(79-48(5)86)69(61(93)54(43-83)103-72)108-74-64(96)62(94)60(92)53(42-82)104-74/h36,38,46,49-55,57-75,81-84,87-89,91-98H,6-35,37,39-45H2,1-5H3,(H,78,85)(H,79,86)(H,80,90)(H,99,100)/t46-,49-,50+,51+,52-,53-,54-,55-,57-,58-,59-,60+,61+,62+,63-,64-,65-,66-,67+,68-,69-,70?,71-,72+,73-,74+,75+,77+/m1/s1. The molecule has 0 radical (unpaired) electrons. The average Bonchev–Trinajstić information content (AvgIpc) is 0.753. The van der Waals surface area contributed by atoms with Crippen LogP contribution in [0.3, 0.4) is 0 Å². The number of rotatable bonds is 55. The summed E-state index contributed by atoms with van der Waals surface area (Å²) in [7, 11) is 0. The van der Waals surface area contributed by atoms with Gasteiger partial charge in [0.25, 0.3) is 5.79 Å². The number of carboxylic acid groups (broad SMARTS) is 1. The fraction of sp³-hybridized carbons (Fsp3) is 0.922. The maximum absolute atomic E-state index is 13.8. The van der Waals surface area contributed by atoms with Gasteiger partial charge in [0.05, 0.1) is 63.4 Å². The van der Waals surface area contributed by atoms with Crippen molar-refractivity contribution in [1.29, 1.82) is 0 Å². The molecule has 5 aliphatic rings. The van der Waals surface area contributed by atoms with Gasteiger partial charge in [-0.15, -0.1) is 0 Å². The molecule has 3 amide bonds. The molecule has 5 heterocycles. The molecule has 0 aromatic rings. The third-order valence-corrected chi connectivity index (χ3v) is 21.5. The van der Waals surface area contributed by atoms with Crippen molar-refractivity contribution in [3.8, 4) is 0 Å². The van der Waals surface area contributed by atoms with Gasteiger partial charge in [-0.25, -0.2) is 4.79 Å². The third kappa shape index (κ3) is 30.9. The first-order valence-electron chi connectivity index (χ1n) is 40.9. The highest BCUT2D eigenvalue weighted by molar-refractivity contribution is 5.77. The van der Waals surface area contributed by atoms with E-state index in [1.165, 1.54) is 142 Å². The highest BCUT2D eigenvalue weighted by Crippen LogP contribution is 2.41. The first-order valence-corrected chi connectivity index (χ1v) is 40.9. The van der Waals surface area contributed by atoms with Gasteiger partial charge in [-0.1, -0.05) is 206 Å². The zero-order valence-electron chi connectivity index (χ0n) is 65.5. The molecule has 110 heavy (non-hydrogen) atoms. The van der Waals surface area contributed by atoms with Gasteiger partial charge in [0.15, 0.2) is 25.2 Å². The normalized spacial score (nSPS) is 34.0. The van der Waals surface area contributed by atoms with Gasteiger partial charge < -0.3 is 145 Å². The summed E-state index contributed by atoms with van der Waals surface area (Å²) in [5, 5.41) is 186. The number of nitrogens with one attached hydrogen (secondary N) is 3. The Kier molecular flexibility index (Phi) is 46.2. The number of carboxylic acids is 1. The van der Waals surface area contributed by atoms with E-state index in [9.17, 15) is 101 Å². The van der Waals surface area contributed by atoms with Crippen molar-refractivity contribution < 1.29 is 148 Å². The number of carbonyl (C=O) groups is 4. The minimum absolute atomic E-state index is 0.151. The maximum Gasteiger partial charge on any atom is 0.364 e. The second-order valence-corrected chi connectivity index (χ2v) is 30.7. The van der Waals surface area contributed by atoms with Gasteiger partial charge in [0.2, 0.25) is 17.7 Å². The molecule has 0 spiro atoms. The highest BCUT2D eigenvalue weighted by atomic mass is 16.8. The van der Waals surface area contributed by atoms with Crippen LogP contribution in [0.15, 0.2) is 12.2 Å². The quantitative estimate of drug-likeness (QED) is 0.0303. The molecule has 642 valence electrons. The number of carbonyl (C=O) groups excluding carboxylic acids is 3. The van der Waals surface area contributed by atoms with Crippen LogP contribution in [0.4, 0.5) is 0 Å². The van der Waals surface area contributed by atoms with E-state index in [1.54, 1.807) is 6.08 Å². The minimum atomic E-state index is -3.30. The Morgan fingerprint density at radius 1 is 0.491 bits per heavy atom. The summed E-state index contributed by atoms with van der Waals surface area (Å²) < 4.78 is 60.6. The van der Waals surface area contributed by atoms with E-state index in [0.717, 1.165) is 65.2 Å². The summed E-state index contributed by atoms with van der Waals surface area (Å²) in [6, 6.07) is -4.66. The number of ether oxygens (including phenoxy) is 10. The van der Waals surface area contributed by atoms with Crippen LogP contribution in [0, 0.1) is 0 Å². The lowest BCUT2D eigenvalue weighted by atomic mass is 9.88. The first-order chi connectivity index (χ1) is 52.7. The molecular weight excluding hydrogens is 1450 g/mol. The second-order valence-electron chi connectivity index (χ2n) is 30.7. The molecule has 0 aromatic carbocycles. The molecule has 5 fully saturated rings. The molecule has 1 unspecified atom stereocenters. The van der Waals surface area contributed by atoms with Crippen molar-refractivity contribution >= 4 is 23.7 Å². The van der Waals surface area contributed by atoms with E-state index in [-0.39, 0.29) is 12.3 Å². The number of hydrogen-bond acceptors (Lipinski definition) is 29. The number of amides is 3. The molecular formula is C77H139N3O30. The highest BCUT2D eigenvalue weighted by Gasteiger charge is 2.62. The Balaban J connectivity index is 1.35. The van der Waals surface area contributed by atoms with Crippen molar-refractivity contribution in [2.24, 2.45) is 0 Å². The largest absolute Gasteiger partial charge is 0.477 e. The Labute approximate surface area is 648 Å². The van der Waals surface area contributed by atoms with Crippen molar-refractivity contribution in [1.82, 2.24) is 16.0 Å². The molecule has 0 bridgehead atoms. The topological polar surface area (TPSA) is 520 Å². The smallest absolute Gasteiger partial charge is 0.364 e. The van der Waals surface area contributed by atoms with E-state index < -0.39 is 228 Å². The summed E-state index contributed by atoms with van der Waals surface area (Å²) >= 11 is 0. The van der Waals surface area contributed by atoms with Crippen molar-refractivity contribution in [2.45, 2.75) is 418 Å². The Morgan fingerprint density at radius 3 is 1.44 bits per heavy atom. The van der Waals surface area contributed by atoms with Crippen LogP contribution in [0.25, 0.3) is 0 Å². The first kappa shape index (κ1) is 97.2. The lowest BCUT2D eigenvalue weighted by Gasteiger charge is -2.52. The van der Waals surface area contributed by atoms with Gasteiger partial charge in [0.1, 0.15) is 110 Å². The van der Waals surface area contributed by atoms with Crippen LogP contribution < -0.4 is 16.0 Å². The van der Waals surface area contributed by atoms with Crippen LogP contribution in [0.1, 0.15) is 247 Å². The third-order valence-electron chi connectivity index (χ3n) is 21.5. The van der Waals surface area contributed by atoms with E-state index in [0.29, 0.717) is 12.8 Å². The molecule has 28 atom stereocenters. The molecule has 0 aromatic heterocycles. The summed E-state index contributed by atoms with van der Waals surface area (Å²) in [6.45, 7) is 3.08. The molecule has 0 aliphatic carbocycles. The zero-order chi connectivity index (χ0) is 80.9. The van der Waals surface area contributed by atoms with Crippen LogP contribution in [-0.2, 0) is 66.5 Å². The Hall–Kier alpha value is -3.38. The molecule has 5 aliphatic heterocycles. The Bertz CT molecular complexity index is 2550. The van der Waals surface area contributed by atoms with E-state index in [2.05, 4.69) is 29.8 Å². The molecule has 0 saturated carbocycles. The van der Waals surface area contributed by atoms with Crippen LogP contribution in [-0.4, -0.2) is 310 Å². The predicted molar refractivity (Wildman–Crippen MR) is 395 cm³/mol. The lowest BCUT2D eigenvalue weighted by Crippen LogP contribution is -2.72. The molecule has 5 saturated heterocycles. The fourth-order valence-corrected chi connectivity index (χ4v) is 15.0. The van der Waals surface area contributed by atoms with Gasteiger partial charge in [0, 0.05) is 26.7 Å². The summed E-state index contributed by atoms with van der Waals surface area (Å²) in [5.41, 5.74) is 0. The Morgan fingerprint density at radius 2 is 0.936 bits per heavy atom. The van der Waals surface area contributed by atoms with Crippen molar-refractivity contribution in [3.63, 3.8) is 0 Å². The van der Waals surface area contributed by atoms with Gasteiger partial charge in [-0.2, -0.15) is 0 Å². The molecule has 19 N–H and O–H groups in total. The summed E-state index contributed by atoms with van der Waals surface area (Å²) in [6.07, 6.45) is -8.99. The number of aliphatic carboxylic acids is 1. The number of allylic oxidation sites excluding steroid dienone is 1. The number of aliphatic hydroxyl groups excluding tert-OH is 15. The van der Waals surface area contributed by atoms with Crippen LogP contribution in [0.5, 0.6) is 0 Å². The predicted octanol–water partition coefficient (Wildman–Crippen LogP) is 1.55. The summed E-state index contributed by atoms with van der Waals surface area (Å²) in [5.74, 6) is -7.48. The van der Waals surface area contributed by atoms with Crippen molar-refractivity contribution in [3.05, 3.63) is 12.2 Å². The minimum Gasteiger partial charge on any atom is -0.477 e. The van der Waals surface area contributed by atoms with E-state index in [1.807, 2.05) is 6.08 Å². The number of hydrogen-bond donors (Lipinski definition) is 19. The maximum atomic E-state index is 13.8. The van der Waals surface area contributed by atoms with E-state index in [4.69, 9.17) is 47.4 Å². The SMILES string of the molecule is CCCCCCCCCCCCCCCC=C[C@H](O)[C@@H](CO[C@@H]1O[C@H](CO)[C@@H](O[C@@H]2O[C@H](C)[C@H](O[C@@H]3O[C@H](CO)[C@H](O)[C@H](O[C@@H]4O[C@H](CO)[C@H](O)[C@H](O)[C@H]4O)[C@H]3NC(C)=O)[C@H](O[C@]3(C(=O)O)C[C@H](O)[C@@H](NC(C)=O)C([C@H](O)[C@H](O)CO)O3)[C@H]2O)[C@H](O)[C@H]1O)NC(=O)CCCCCCCCCCCCCCCCCCC. The monoisotopic (exact) mass is 1590 g/mol. The van der Waals surface area contributed by atoms with Crippen molar-refractivity contribution in [2.75, 3.05) is 33.0 Å². The van der Waals surface area contributed by atoms with Crippen LogP contribution in [0.2, 0.25) is 0 Å². The molecule has 5 rings (SSSR count). The van der Waals surface area contributed by atoms with Crippen LogP contribution >= 0.6 is 0 Å². The van der Waals surface area contributed by atoms with Gasteiger partial charge >= 0.3 is 5.97 Å². The van der Waals surface area contributed by atoms with E-state index >= 15 is 0 Å². The lowest BCUT2D eigenvalue weighted by molar-refractivity contribution is -0.400. The molecule has 33 nitrogen and oxygen atoms in total. The fourth-order valence-electron chi connectivity index (χ4n) is 15.0. The van der Waals surface area contributed by atoms with Gasteiger partial charge in [-0.3, -0.25) is 14.4 Å². The molecule has 33 heteroatoms. The van der Waals surface area contributed by atoms with Gasteiger partial charge in [-0.05, 0) is 26.2 Å². The average molecular weight is 1590 g/mol. The summed E-state index contributed by atoms with van der Waals surface area (Å²) in [4.78, 5) is 53.0. The second kappa shape index (κ2) is 52.3. The number of unbranched alkanes of at least 4 members (excludes halogenated alkanes) is 29. The zero-order valence-corrected chi connectivity index (χ0v) is 65.5.